The fourth-order valence-electron chi connectivity index (χ4n) is 5.59. The number of aromatic hydroxyl groups is 3. The number of nitrogens with zero attached hydrogens (tertiary/aromatic N) is 2. The van der Waals surface area contributed by atoms with Gasteiger partial charge in [-0.3, -0.25) is 0 Å². The Balaban J connectivity index is 1.62. The normalized spacial score (nSPS) is 11.5. The van der Waals surface area contributed by atoms with Crippen molar-refractivity contribution in [2.24, 2.45) is 0 Å². The molecule has 0 amide bonds. The van der Waals surface area contributed by atoms with Gasteiger partial charge in [0.15, 0.2) is 16.5 Å². The average Bonchev–Trinajstić information content (AvgIpc) is 2.99. The summed E-state index contributed by atoms with van der Waals surface area (Å²) in [5.74, 6) is -0.192. The molecule has 0 aliphatic rings. The maximum atomic E-state index is 13.5. The van der Waals surface area contributed by atoms with Crippen molar-refractivity contribution in [3.8, 4) is 28.7 Å². The predicted molar refractivity (Wildman–Crippen MR) is 167 cm³/mol. The second-order valence-electron chi connectivity index (χ2n) is 10.8. The molecule has 0 saturated carbocycles. The molecular formula is C34H31N2O7S+. The van der Waals surface area contributed by atoms with Gasteiger partial charge in [0.05, 0.1) is 7.11 Å². The standard InChI is InChI=1S/C34H30N2O7S/c1-18-13-23(14-19(2)32(18)37)31(24-15-20(3)33(38)21(4)16-24)22-9-12-28(29(17-22)42-5)43-44(40,41)30-8-6-7-26-25(30)10-11-27(36-35)34(26)39/h6-17,31H,1-5H3,(H2-,37,38,39)/p+1. The lowest BCUT2D eigenvalue weighted by molar-refractivity contribution is 0.390. The van der Waals surface area contributed by atoms with Crippen LogP contribution in [0.4, 0.5) is 5.69 Å². The molecule has 0 aliphatic carbocycles. The van der Waals surface area contributed by atoms with Crippen LogP contribution >= 0.6 is 0 Å². The van der Waals surface area contributed by atoms with E-state index in [4.69, 9.17) is 14.3 Å². The summed E-state index contributed by atoms with van der Waals surface area (Å²) in [6, 6.07) is 19.6. The zero-order valence-electron chi connectivity index (χ0n) is 24.8. The summed E-state index contributed by atoms with van der Waals surface area (Å²) in [6.45, 7) is 7.30. The van der Waals surface area contributed by atoms with Crippen LogP contribution in [0, 0.1) is 33.1 Å². The van der Waals surface area contributed by atoms with Crippen molar-refractivity contribution in [3.63, 3.8) is 0 Å². The SMILES string of the molecule is COc1cc(C(c2cc(C)c(O)c(C)c2)c2cc(C)c(O)c(C)c2)ccc1OS(=O)(=O)c1cccc2c(O)c([N+]#N)ccc12. The molecule has 0 spiro atoms. The molecule has 9 nitrogen and oxygen atoms in total. The van der Waals surface area contributed by atoms with E-state index in [1.165, 1.54) is 43.5 Å². The fraction of sp³-hybridized carbons (Fsp3) is 0.176. The maximum absolute atomic E-state index is 13.5. The maximum Gasteiger partial charge on any atom is 0.426 e. The van der Waals surface area contributed by atoms with Crippen molar-refractivity contribution >= 4 is 26.6 Å². The van der Waals surface area contributed by atoms with Crippen LogP contribution in [0.25, 0.3) is 15.7 Å². The molecule has 44 heavy (non-hydrogen) atoms. The van der Waals surface area contributed by atoms with E-state index in [1.54, 1.807) is 12.1 Å². The van der Waals surface area contributed by atoms with Crippen molar-refractivity contribution in [3.05, 3.63) is 117 Å². The highest BCUT2D eigenvalue weighted by Crippen LogP contribution is 2.42. The summed E-state index contributed by atoms with van der Waals surface area (Å²) < 4.78 is 38.3. The number of hydrogen-bond acceptors (Lipinski definition) is 8. The fourth-order valence-corrected chi connectivity index (χ4v) is 6.74. The van der Waals surface area contributed by atoms with Crippen molar-refractivity contribution in [2.75, 3.05) is 7.11 Å². The molecule has 0 atom stereocenters. The minimum Gasteiger partial charge on any atom is -0.507 e. The number of benzene rings is 5. The molecule has 10 heteroatoms. The van der Waals surface area contributed by atoms with Gasteiger partial charge in [-0.05, 0) is 90.9 Å². The minimum atomic E-state index is -4.42. The second kappa shape index (κ2) is 11.4. The van der Waals surface area contributed by atoms with E-state index in [9.17, 15) is 23.7 Å². The predicted octanol–water partition coefficient (Wildman–Crippen LogP) is 7.63. The lowest BCUT2D eigenvalue weighted by Gasteiger charge is -2.23. The van der Waals surface area contributed by atoms with E-state index in [0.29, 0.717) is 22.3 Å². The molecule has 224 valence electrons. The molecule has 0 aromatic heterocycles. The smallest absolute Gasteiger partial charge is 0.426 e. The van der Waals surface area contributed by atoms with Gasteiger partial charge >= 0.3 is 15.8 Å². The van der Waals surface area contributed by atoms with Crippen LogP contribution in [0.5, 0.6) is 28.7 Å². The van der Waals surface area contributed by atoms with E-state index in [0.717, 1.165) is 16.7 Å². The number of rotatable bonds is 7. The molecule has 5 rings (SSSR count). The van der Waals surface area contributed by atoms with Crippen LogP contribution in [0.2, 0.25) is 0 Å². The summed E-state index contributed by atoms with van der Waals surface area (Å²) in [4.78, 5) is 2.83. The van der Waals surface area contributed by atoms with Crippen molar-refractivity contribution < 1.29 is 32.7 Å². The summed E-state index contributed by atoms with van der Waals surface area (Å²) in [7, 11) is -3.01. The van der Waals surface area contributed by atoms with E-state index in [2.05, 4.69) is 4.98 Å². The third-order valence-corrected chi connectivity index (χ3v) is 9.06. The second-order valence-corrected chi connectivity index (χ2v) is 12.3. The van der Waals surface area contributed by atoms with E-state index in [1.807, 2.05) is 52.0 Å². The number of hydrogen-bond donors (Lipinski definition) is 3. The lowest BCUT2D eigenvalue weighted by Crippen LogP contribution is -2.12. The summed E-state index contributed by atoms with van der Waals surface area (Å²) in [5, 5.41) is 40.8. The number of phenolic OH excluding ortho intramolecular Hbond substituents is 3. The van der Waals surface area contributed by atoms with E-state index in [-0.39, 0.29) is 56.0 Å². The van der Waals surface area contributed by atoms with Gasteiger partial charge in [0.2, 0.25) is 11.1 Å². The van der Waals surface area contributed by atoms with Crippen molar-refractivity contribution in [1.29, 1.82) is 5.39 Å². The van der Waals surface area contributed by atoms with E-state index < -0.39 is 10.1 Å². The molecule has 0 heterocycles. The molecule has 0 unspecified atom stereocenters. The molecule has 0 radical (unpaired) electrons. The summed E-state index contributed by atoms with van der Waals surface area (Å²) in [5.41, 5.74) is 5.25. The zero-order valence-corrected chi connectivity index (χ0v) is 25.6. The molecule has 3 N–H and O–H groups in total. The van der Waals surface area contributed by atoms with Crippen LogP contribution in [0.3, 0.4) is 0 Å². The van der Waals surface area contributed by atoms with Crippen molar-refractivity contribution in [1.82, 2.24) is 0 Å². The number of aryl methyl sites for hydroxylation is 4. The third kappa shape index (κ3) is 5.34. The Labute approximate surface area is 255 Å². The Hall–Kier alpha value is -5.27. The van der Waals surface area contributed by atoms with Crippen LogP contribution in [-0.2, 0) is 10.1 Å². The lowest BCUT2D eigenvalue weighted by atomic mass is 9.82. The monoisotopic (exact) mass is 611 g/mol. The first-order chi connectivity index (χ1) is 20.9. The topological polar surface area (TPSA) is 141 Å². The van der Waals surface area contributed by atoms with Crippen LogP contribution < -0.4 is 8.92 Å². The van der Waals surface area contributed by atoms with Crippen LogP contribution in [-0.4, -0.2) is 30.8 Å². The largest absolute Gasteiger partial charge is 0.507 e. The quantitative estimate of drug-likeness (QED) is 0.0969. The van der Waals surface area contributed by atoms with Gasteiger partial charge in [-0.2, -0.15) is 8.42 Å². The molecule has 5 aromatic carbocycles. The van der Waals surface area contributed by atoms with Crippen molar-refractivity contribution in [2.45, 2.75) is 38.5 Å². The first-order valence-electron chi connectivity index (χ1n) is 13.7. The minimum absolute atomic E-state index is 0.0469. The molecule has 0 bridgehead atoms. The molecule has 5 aromatic rings. The van der Waals surface area contributed by atoms with Gasteiger partial charge in [-0.1, -0.05) is 42.5 Å². The third-order valence-electron chi connectivity index (χ3n) is 7.76. The average molecular weight is 612 g/mol. The van der Waals surface area contributed by atoms with Gasteiger partial charge in [0.25, 0.3) is 0 Å². The zero-order chi connectivity index (χ0) is 31.9. The first kappa shape index (κ1) is 30.2. The molecule has 0 fully saturated rings. The Morgan fingerprint density at radius 2 is 1.25 bits per heavy atom. The summed E-state index contributed by atoms with van der Waals surface area (Å²) in [6.07, 6.45) is 0. The highest BCUT2D eigenvalue weighted by Gasteiger charge is 2.27. The van der Waals surface area contributed by atoms with Crippen LogP contribution in [0.1, 0.15) is 44.9 Å². The Morgan fingerprint density at radius 1 is 0.682 bits per heavy atom. The van der Waals surface area contributed by atoms with E-state index >= 15 is 0 Å². The van der Waals surface area contributed by atoms with Gasteiger partial charge in [0.1, 0.15) is 16.4 Å². The van der Waals surface area contributed by atoms with Gasteiger partial charge < -0.3 is 24.2 Å². The van der Waals surface area contributed by atoms with Gasteiger partial charge in [0, 0.05) is 22.8 Å². The van der Waals surface area contributed by atoms with Crippen LogP contribution in [0.15, 0.2) is 77.7 Å². The Kier molecular flexibility index (Phi) is 7.84. The molecule has 0 aliphatic heterocycles. The Morgan fingerprint density at radius 3 is 1.77 bits per heavy atom. The van der Waals surface area contributed by atoms with Gasteiger partial charge in [-0.15, -0.1) is 0 Å². The number of methoxy groups -OCH3 is 1. The first-order valence-corrected chi connectivity index (χ1v) is 15.1. The number of ether oxygens (including phenoxy) is 1. The highest BCUT2D eigenvalue weighted by atomic mass is 32.2. The van der Waals surface area contributed by atoms with Gasteiger partial charge in [-0.25, -0.2) is 0 Å². The summed E-state index contributed by atoms with van der Waals surface area (Å²) >= 11 is 0. The number of diazo groups is 1. The molecular weight excluding hydrogens is 580 g/mol. The number of phenols is 3. The molecule has 0 saturated heterocycles. The Bertz CT molecular complexity index is 2000. The number of fused-ring (bicyclic) bond motifs is 1. The highest BCUT2D eigenvalue weighted by molar-refractivity contribution is 7.87.